The van der Waals surface area contributed by atoms with Crippen molar-refractivity contribution >= 4 is 16.0 Å². The van der Waals surface area contributed by atoms with Crippen molar-refractivity contribution in [3.8, 4) is 11.5 Å². The van der Waals surface area contributed by atoms with E-state index in [1.807, 2.05) is 24.3 Å². The third-order valence-corrected chi connectivity index (χ3v) is 6.21. The monoisotopic (exact) mass is 404 g/mol. The Morgan fingerprint density at radius 3 is 2.54 bits per heavy atom. The second kappa shape index (κ2) is 8.49. The minimum atomic E-state index is -3.52. The molecule has 0 spiro atoms. The standard InChI is InChI=1S/C19H24N4O4S/c1-20-19(21-11-14-8-9-16-17(10-14)27-13-26-16)22-12-15-6-4-5-7-18(15)28(24,25)23(2)3/h4-10H,11-13H2,1-3H3,(H2,20,21,22). The van der Waals surface area contributed by atoms with E-state index in [-0.39, 0.29) is 11.7 Å². The first-order valence-electron chi connectivity index (χ1n) is 8.75. The van der Waals surface area contributed by atoms with Crippen LogP contribution in [0.15, 0.2) is 52.4 Å². The van der Waals surface area contributed by atoms with Crippen molar-refractivity contribution in [2.24, 2.45) is 4.99 Å². The average molecular weight is 404 g/mol. The number of aliphatic imine (C=N–C) groups is 1. The largest absolute Gasteiger partial charge is 0.454 e. The molecule has 1 aliphatic heterocycles. The summed E-state index contributed by atoms with van der Waals surface area (Å²) in [5.74, 6) is 2.03. The van der Waals surface area contributed by atoms with Crippen molar-refractivity contribution in [1.29, 1.82) is 0 Å². The highest BCUT2D eigenvalue weighted by atomic mass is 32.2. The van der Waals surface area contributed by atoms with Gasteiger partial charge in [-0.1, -0.05) is 24.3 Å². The first kappa shape index (κ1) is 20.0. The van der Waals surface area contributed by atoms with Crippen LogP contribution in [-0.4, -0.2) is 46.6 Å². The topological polar surface area (TPSA) is 92.3 Å². The summed E-state index contributed by atoms with van der Waals surface area (Å²) < 4.78 is 36.9. The van der Waals surface area contributed by atoms with Crippen LogP contribution in [0.25, 0.3) is 0 Å². The Bertz CT molecular complexity index is 974. The van der Waals surface area contributed by atoms with Gasteiger partial charge >= 0.3 is 0 Å². The molecular formula is C19H24N4O4S. The maximum atomic E-state index is 12.5. The fourth-order valence-corrected chi connectivity index (χ4v) is 3.85. The average Bonchev–Trinajstić information content (AvgIpc) is 3.16. The van der Waals surface area contributed by atoms with Crippen LogP contribution >= 0.6 is 0 Å². The quantitative estimate of drug-likeness (QED) is 0.560. The molecule has 0 aliphatic carbocycles. The van der Waals surface area contributed by atoms with Gasteiger partial charge in [-0.25, -0.2) is 12.7 Å². The number of benzene rings is 2. The highest BCUT2D eigenvalue weighted by Gasteiger charge is 2.20. The molecule has 1 aliphatic rings. The smallest absolute Gasteiger partial charge is 0.242 e. The van der Waals surface area contributed by atoms with E-state index in [0.717, 1.165) is 17.1 Å². The molecule has 150 valence electrons. The Morgan fingerprint density at radius 1 is 1.07 bits per heavy atom. The number of hydrogen-bond donors (Lipinski definition) is 2. The summed E-state index contributed by atoms with van der Waals surface area (Å²) >= 11 is 0. The lowest BCUT2D eigenvalue weighted by Crippen LogP contribution is -2.36. The van der Waals surface area contributed by atoms with Gasteiger partial charge in [0.05, 0.1) is 4.90 Å². The van der Waals surface area contributed by atoms with Gasteiger partial charge in [0, 0.05) is 34.2 Å². The fraction of sp³-hybridized carbons (Fsp3) is 0.316. The fourth-order valence-electron chi connectivity index (χ4n) is 2.73. The lowest BCUT2D eigenvalue weighted by atomic mass is 10.2. The lowest BCUT2D eigenvalue weighted by Gasteiger charge is -2.17. The predicted octanol–water partition coefficient (Wildman–Crippen LogP) is 1.53. The van der Waals surface area contributed by atoms with Crippen molar-refractivity contribution < 1.29 is 17.9 Å². The van der Waals surface area contributed by atoms with Crippen LogP contribution in [0.3, 0.4) is 0 Å². The van der Waals surface area contributed by atoms with Gasteiger partial charge in [-0.05, 0) is 29.3 Å². The molecule has 0 unspecified atom stereocenters. The van der Waals surface area contributed by atoms with E-state index in [0.29, 0.717) is 24.6 Å². The van der Waals surface area contributed by atoms with Crippen LogP contribution in [0.4, 0.5) is 0 Å². The zero-order valence-corrected chi connectivity index (χ0v) is 16.9. The van der Waals surface area contributed by atoms with E-state index >= 15 is 0 Å². The number of sulfonamides is 1. The van der Waals surface area contributed by atoms with Crippen LogP contribution in [0, 0.1) is 0 Å². The van der Waals surface area contributed by atoms with Gasteiger partial charge in [-0.15, -0.1) is 0 Å². The minimum Gasteiger partial charge on any atom is -0.454 e. The van der Waals surface area contributed by atoms with Crippen molar-refractivity contribution in [3.05, 3.63) is 53.6 Å². The van der Waals surface area contributed by atoms with Crippen LogP contribution in [0.1, 0.15) is 11.1 Å². The maximum Gasteiger partial charge on any atom is 0.242 e. The normalized spacial score (nSPS) is 13.6. The van der Waals surface area contributed by atoms with Crippen molar-refractivity contribution in [2.45, 2.75) is 18.0 Å². The van der Waals surface area contributed by atoms with Crippen LogP contribution in [-0.2, 0) is 23.1 Å². The summed E-state index contributed by atoms with van der Waals surface area (Å²) in [4.78, 5) is 4.47. The summed E-state index contributed by atoms with van der Waals surface area (Å²) in [6.45, 7) is 1.10. The van der Waals surface area contributed by atoms with E-state index in [2.05, 4.69) is 15.6 Å². The Labute approximate surface area is 165 Å². The number of nitrogens with one attached hydrogen (secondary N) is 2. The second-order valence-corrected chi connectivity index (χ2v) is 8.48. The number of nitrogens with zero attached hydrogens (tertiary/aromatic N) is 2. The molecule has 0 atom stereocenters. The third kappa shape index (κ3) is 4.37. The summed E-state index contributed by atoms with van der Waals surface area (Å²) in [5, 5.41) is 6.37. The number of ether oxygens (including phenoxy) is 2. The van der Waals surface area contributed by atoms with E-state index in [4.69, 9.17) is 9.47 Å². The lowest BCUT2D eigenvalue weighted by molar-refractivity contribution is 0.174. The van der Waals surface area contributed by atoms with Gasteiger partial charge in [-0.2, -0.15) is 0 Å². The Hall–Kier alpha value is -2.78. The predicted molar refractivity (Wildman–Crippen MR) is 107 cm³/mol. The SMILES string of the molecule is CN=C(NCc1ccc2c(c1)OCO2)NCc1ccccc1S(=O)(=O)N(C)C. The number of fused-ring (bicyclic) bond motifs is 1. The van der Waals surface area contributed by atoms with Crippen molar-refractivity contribution in [3.63, 3.8) is 0 Å². The first-order chi connectivity index (χ1) is 13.4. The van der Waals surface area contributed by atoms with Gasteiger partial charge in [0.2, 0.25) is 16.8 Å². The molecule has 0 radical (unpaired) electrons. The molecule has 0 saturated carbocycles. The molecule has 0 aromatic heterocycles. The molecule has 8 nitrogen and oxygen atoms in total. The maximum absolute atomic E-state index is 12.5. The number of guanidine groups is 1. The molecule has 0 fully saturated rings. The molecule has 0 bridgehead atoms. The van der Waals surface area contributed by atoms with E-state index in [9.17, 15) is 8.42 Å². The van der Waals surface area contributed by atoms with Gasteiger partial charge in [0.25, 0.3) is 0 Å². The minimum absolute atomic E-state index is 0.241. The van der Waals surface area contributed by atoms with Gasteiger partial charge in [0.15, 0.2) is 17.5 Å². The molecular weight excluding hydrogens is 380 g/mol. The highest BCUT2D eigenvalue weighted by molar-refractivity contribution is 7.89. The summed E-state index contributed by atoms with van der Waals surface area (Å²) in [6.07, 6.45) is 0. The zero-order valence-electron chi connectivity index (χ0n) is 16.1. The van der Waals surface area contributed by atoms with Crippen molar-refractivity contribution in [1.82, 2.24) is 14.9 Å². The molecule has 2 aromatic rings. The van der Waals surface area contributed by atoms with Crippen LogP contribution in [0.5, 0.6) is 11.5 Å². The highest BCUT2D eigenvalue weighted by Crippen LogP contribution is 2.32. The van der Waals surface area contributed by atoms with Gasteiger partial charge < -0.3 is 20.1 Å². The van der Waals surface area contributed by atoms with Crippen LogP contribution in [0.2, 0.25) is 0 Å². The summed E-state index contributed by atoms with van der Waals surface area (Å²) in [5.41, 5.74) is 1.69. The van der Waals surface area contributed by atoms with E-state index < -0.39 is 10.0 Å². The third-order valence-electron chi connectivity index (χ3n) is 4.30. The zero-order chi connectivity index (χ0) is 20.1. The van der Waals surface area contributed by atoms with E-state index in [1.54, 1.807) is 25.2 Å². The number of rotatable bonds is 6. The Kier molecular flexibility index (Phi) is 6.05. The van der Waals surface area contributed by atoms with E-state index in [1.165, 1.54) is 18.4 Å². The Balaban J connectivity index is 1.64. The number of hydrogen-bond acceptors (Lipinski definition) is 5. The molecule has 2 N–H and O–H groups in total. The molecule has 1 heterocycles. The molecule has 0 amide bonds. The Morgan fingerprint density at radius 2 is 1.79 bits per heavy atom. The summed E-state index contributed by atoms with van der Waals surface area (Å²) in [6, 6.07) is 12.7. The van der Waals surface area contributed by atoms with Crippen molar-refractivity contribution in [2.75, 3.05) is 27.9 Å². The summed E-state index contributed by atoms with van der Waals surface area (Å²) in [7, 11) is 1.19. The molecule has 2 aromatic carbocycles. The second-order valence-electron chi connectivity index (χ2n) is 6.36. The molecule has 28 heavy (non-hydrogen) atoms. The van der Waals surface area contributed by atoms with Gasteiger partial charge in [0.1, 0.15) is 0 Å². The first-order valence-corrected chi connectivity index (χ1v) is 10.2. The molecule has 0 saturated heterocycles. The van der Waals surface area contributed by atoms with Crippen LogP contribution < -0.4 is 20.1 Å². The van der Waals surface area contributed by atoms with Gasteiger partial charge in [-0.3, -0.25) is 4.99 Å². The molecule has 3 rings (SSSR count). The molecule has 9 heteroatoms.